The number of fused-ring (bicyclic) bond motifs is 2. The first kappa shape index (κ1) is 23.6. The molecular weight excluding hydrogens is 410 g/mol. The second-order valence-corrected chi connectivity index (χ2v) is 9.51. The largest absolute Gasteiger partial charge is 0.480 e. The second-order valence-electron chi connectivity index (χ2n) is 9.51. The number of amides is 1. The Balaban J connectivity index is 1.91. The molecule has 2 atom stereocenters. The van der Waals surface area contributed by atoms with Crippen molar-refractivity contribution in [1.29, 1.82) is 0 Å². The van der Waals surface area contributed by atoms with Crippen LogP contribution >= 0.6 is 0 Å². The number of hydrogen-bond acceptors (Lipinski definition) is 5. The molecule has 0 aliphatic carbocycles. The molecular formula is C25H31NO6. The van der Waals surface area contributed by atoms with Crippen LogP contribution in [0.3, 0.4) is 0 Å². The van der Waals surface area contributed by atoms with Crippen LogP contribution in [0.5, 0.6) is 0 Å². The van der Waals surface area contributed by atoms with Gasteiger partial charge in [-0.3, -0.25) is 4.79 Å². The predicted octanol–water partition coefficient (Wildman–Crippen LogP) is 4.69. The van der Waals surface area contributed by atoms with Crippen LogP contribution in [0, 0.1) is 12.8 Å². The van der Waals surface area contributed by atoms with Gasteiger partial charge in [-0.15, -0.1) is 0 Å². The summed E-state index contributed by atoms with van der Waals surface area (Å²) >= 11 is 0. The van der Waals surface area contributed by atoms with Crippen molar-refractivity contribution in [1.82, 2.24) is 5.32 Å². The first-order valence-corrected chi connectivity index (χ1v) is 10.9. The van der Waals surface area contributed by atoms with Gasteiger partial charge in [0, 0.05) is 34.4 Å². The number of aryl methyl sites for hydroxylation is 1. The van der Waals surface area contributed by atoms with E-state index in [9.17, 15) is 19.5 Å². The van der Waals surface area contributed by atoms with Crippen LogP contribution in [0.2, 0.25) is 0 Å². The zero-order valence-electron chi connectivity index (χ0n) is 19.5. The van der Waals surface area contributed by atoms with Crippen LogP contribution in [0.25, 0.3) is 21.9 Å². The van der Waals surface area contributed by atoms with Crippen LogP contribution < -0.4 is 10.9 Å². The van der Waals surface area contributed by atoms with Gasteiger partial charge in [-0.2, -0.15) is 0 Å². The zero-order valence-corrected chi connectivity index (χ0v) is 19.5. The van der Waals surface area contributed by atoms with Gasteiger partial charge in [-0.05, 0) is 36.3 Å². The average Bonchev–Trinajstić information content (AvgIpc) is 3.13. The highest BCUT2D eigenvalue weighted by Gasteiger charge is 2.26. The van der Waals surface area contributed by atoms with E-state index in [4.69, 9.17) is 8.83 Å². The molecule has 2 heterocycles. The number of rotatable bonds is 7. The van der Waals surface area contributed by atoms with Gasteiger partial charge in [0.25, 0.3) is 0 Å². The highest BCUT2D eigenvalue weighted by Crippen LogP contribution is 2.35. The molecule has 0 saturated carbocycles. The molecule has 7 heteroatoms. The summed E-state index contributed by atoms with van der Waals surface area (Å²) in [7, 11) is 0. The molecule has 2 N–H and O–H groups in total. The van der Waals surface area contributed by atoms with Crippen LogP contribution in [0.4, 0.5) is 0 Å². The fourth-order valence-corrected chi connectivity index (χ4v) is 3.95. The van der Waals surface area contributed by atoms with Gasteiger partial charge in [0.05, 0.1) is 6.26 Å². The zero-order chi connectivity index (χ0) is 23.8. The summed E-state index contributed by atoms with van der Waals surface area (Å²) in [6.07, 6.45) is 2.53. The topological polar surface area (TPSA) is 110 Å². The smallest absolute Gasteiger partial charge is 0.339 e. The molecule has 0 spiro atoms. The quantitative estimate of drug-likeness (QED) is 0.515. The summed E-state index contributed by atoms with van der Waals surface area (Å²) < 4.78 is 11.2. The number of benzene rings is 1. The molecule has 1 amide bonds. The van der Waals surface area contributed by atoms with E-state index in [0.717, 1.165) is 21.9 Å². The predicted molar refractivity (Wildman–Crippen MR) is 123 cm³/mol. The van der Waals surface area contributed by atoms with Gasteiger partial charge >= 0.3 is 11.6 Å². The minimum Gasteiger partial charge on any atom is -0.480 e. The number of hydrogen-bond donors (Lipinski definition) is 2. The SMILES string of the molecule is CCC(C)C(NC(=O)CCc1c(C)c2cc3c(C(C)(C)C)coc3cc2oc1=O)C(=O)O. The lowest BCUT2D eigenvalue weighted by Gasteiger charge is -2.20. The minimum absolute atomic E-state index is 0.00147. The third-order valence-corrected chi connectivity index (χ3v) is 6.19. The van der Waals surface area contributed by atoms with E-state index in [1.54, 1.807) is 19.3 Å². The lowest BCUT2D eigenvalue weighted by Crippen LogP contribution is -2.45. The van der Waals surface area contributed by atoms with Crippen molar-refractivity contribution in [3.63, 3.8) is 0 Å². The van der Waals surface area contributed by atoms with Crippen molar-refractivity contribution < 1.29 is 23.5 Å². The number of carboxylic acids is 1. The Bertz CT molecular complexity index is 1230. The number of carboxylic acid groups (broad SMARTS) is 1. The van der Waals surface area contributed by atoms with Crippen molar-refractivity contribution in [3.8, 4) is 0 Å². The van der Waals surface area contributed by atoms with Gasteiger partial charge in [-0.25, -0.2) is 9.59 Å². The molecule has 0 aliphatic heterocycles. The van der Waals surface area contributed by atoms with Crippen molar-refractivity contribution in [2.45, 2.75) is 72.3 Å². The maximum absolute atomic E-state index is 12.6. The molecule has 0 aliphatic rings. The Hall–Kier alpha value is -3.09. The normalized spacial score (nSPS) is 13.9. The summed E-state index contributed by atoms with van der Waals surface area (Å²) in [5.41, 5.74) is 2.71. The third kappa shape index (κ3) is 4.56. The summed E-state index contributed by atoms with van der Waals surface area (Å²) in [6, 6.07) is 2.75. The summed E-state index contributed by atoms with van der Waals surface area (Å²) in [6.45, 7) is 11.8. The molecule has 172 valence electrons. The first-order valence-electron chi connectivity index (χ1n) is 10.9. The van der Waals surface area contributed by atoms with Crippen LogP contribution in [-0.2, 0) is 21.4 Å². The molecule has 7 nitrogen and oxygen atoms in total. The number of carbonyl (C=O) groups excluding carboxylic acids is 1. The Kier molecular flexibility index (Phi) is 6.49. The number of carbonyl (C=O) groups is 2. The molecule has 3 rings (SSSR count). The number of nitrogens with one attached hydrogen (secondary N) is 1. The molecule has 1 aromatic carbocycles. The first-order chi connectivity index (χ1) is 14.9. The van der Waals surface area contributed by atoms with Crippen molar-refractivity contribution in [2.75, 3.05) is 0 Å². The summed E-state index contributed by atoms with van der Waals surface area (Å²) in [4.78, 5) is 36.5. The average molecular weight is 442 g/mol. The molecule has 2 aromatic heterocycles. The molecule has 0 fully saturated rings. The van der Waals surface area contributed by atoms with E-state index in [1.807, 2.05) is 19.9 Å². The van der Waals surface area contributed by atoms with Crippen LogP contribution in [0.1, 0.15) is 64.2 Å². The number of aliphatic carboxylic acids is 1. The molecule has 0 saturated heterocycles. The fourth-order valence-electron chi connectivity index (χ4n) is 3.95. The number of furan rings is 1. The van der Waals surface area contributed by atoms with E-state index in [1.165, 1.54) is 0 Å². The van der Waals surface area contributed by atoms with Gasteiger partial charge in [0.1, 0.15) is 17.2 Å². The molecule has 2 unspecified atom stereocenters. The van der Waals surface area contributed by atoms with Crippen molar-refractivity contribution >= 4 is 33.8 Å². The minimum atomic E-state index is -1.06. The van der Waals surface area contributed by atoms with E-state index in [-0.39, 0.29) is 24.2 Å². The lowest BCUT2D eigenvalue weighted by molar-refractivity contribution is -0.143. The Labute approximate surface area is 186 Å². The van der Waals surface area contributed by atoms with Gasteiger partial charge in [-0.1, -0.05) is 41.0 Å². The van der Waals surface area contributed by atoms with Crippen molar-refractivity contribution in [3.05, 3.63) is 45.5 Å². The Morgan fingerprint density at radius 2 is 1.84 bits per heavy atom. The van der Waals surface area contributed by atoms with E-state index in [2.05, 4.69) is 26.1 Å². The molecule has 32 heavy (non-hydrogen) atoms. The van der Waals surface area contributed by atoms with Gasteiger partial charge < -0.3 is 19.3 Å². The molecule has 3 aromatic rings. The maximum Gasteiger partial charge on any atom is 0.339 e. The summed E-state index contributed by atoms with van der Waals surface area (Å²) in [5.74, 6) is -1.66. The van der Waals surface area contributed by atoms with E-state index < -0.39 is 23.5 Å². The standard InChI is InChI=1S/C25H31NO6/c1-7-13(2)22(23(28)29)26-21(27)9-8-15-14(3)16-10-17-18(25(4,5)6)12-31-19(17)11-20(16)32-24(15)30/h10-13,22H,7-9H2,1-6H3,(H,26,27)(H,28,29). The highest BCUT2D eigenvalue weighted by atomic mass is 16.4. The second kappa shape index (κ2) is 8.81. The van der Waals surface area contributed by atoms with Gasteiger partial charge in [0.2, 0.25) is 5.91 Å². The van der Waals surface area contributed by atoms with Crippen molar-refractivity contribution in [2.24, 2.45) is 5.92 Å². The third-order valence-electron chi connectivity index (χ3n) is 6.19. The van der Waals surface area contributed by atoms with Crippen LogP contribution in [0.15, 0.2) is 32.0 Å². The van der Waals surface area contributed by atoms with E-state index in [0.29, 0.717) is 23.2 Å². The Morgan fingerprint density at radius 1 is 1.16 bits per heavy atom. The molecule has 0 bridgehead atoms. The monoisotopic (exact) mass is 441 g/mol. The van der Waals surface area contributed by atoms with E-state index >= 15 is 0 Å². The van der Waals surface area contributed by atoms with Crippen LogP contribution in [-0.4, -0.2) is 23.0 Å². The fraction of sp³-hybridized carbons (Fsp3) is 0.480. The maximum atomic E-state index is 12.6. The lowest BCUT2D eigenvalue weighted by atomic mass is 9.86. The highest BCUT2D eigenvalue weighted by molar-refractivity contribution is 5.97. The summed E-state index contributed by atoms with van der Waals surface area (Å²) in [5, 5.41) is 13.7. The Morgan fingerprint density at radius 3 is 2.44 bits per heavy atom. The molecule has 0 radical (unpaired) electrons. The van der Waals surface area contributed by atoms with Gasteiger partial charge in [0.15, 0.2) is 0 Å².